The molecular formula is C40H51NO5. The van der Waals surface area contributed by atoms with Crippen LogP contribution in [0.2, 0.25) is 0 Å². The third-order valence-corrected chi connectivity index (χ3v) is 8.27. The fraction of sp³-hybridized carbons (Fsp3) is 0.425. The molecule has 0 fully saturated rings. The van der Waals surface area contributed by atoms with Crippen LogP contribution in [0.15, 0.2) is 108 Å². The van der Waals surface area contributed by atoms with Crippen molar-refractivity contribution in [2.24, 2.45) is 0 Å². The second-order valence-electron chi connectivity index (χ2n) is 12.5. The summed E-state index contributed by atoms with van der Waals surface area (Å²) in [5, 5.41) is 0. The summed E-state index contributed by atoms with van der Waals surface area (Å²) in [6.07, 6.45) is 16.8. The number of aryl methyl sites for hydroxylation is 2. The highest BCUT2D eigenvalue weighted by atomic mass is 16.6. The van der Waals surface area contributed by atoms with Crippen LogP contribution in [0.3, 0.4) is 0 Å². The van der Waals surface area contributed by atoms with Crippen LogP contribution in [0.5, 0.6) is 0 Å². The van der Waals surface area contributed by atoms with Crippen LogP contribution in [0, 0.1) is 6.92 Å². The fourth-order valence-corrected chi connectivity index (χ4v) is 5.46. The number of carbonyl (C=O) groups excluding carboxylic acids is 1. The molecule has 0 aliphatic heterocycles. The van der Waals surface area contributed by atoms with E-state index in [9.17, 15) is 4.79 Å². The molecule has 0 spiro atoms. The molecule has 0 aromatic heterocycles. The molecule has 246 valence electrons. The second-order valence-corrected chi connectivity index (χ2v) is 12.5. The predicted octanol–water partition coefficient (Wildman–Crippen LogP) is 8.89. The lowest BCUT2D eigenvalue weighted by Crippen LogP contribution is -2.30. The van der Waals surface area contributed by atoms with Gasteiger partial charge in [0.05, 0.1) is 37.2 Å². The molecule has 2 aliphatic rings. The zero-order chi connectivity index (χ0) is 32.9. The van der Waals surface area contributed by atoms with Crippen LogP contribution in [0.4, 0.5) is 11.4 Å². The highest BCUT2D eigenvalue weighted by molar-refractivity contribution is 5.81. The Morgan fingerprint density at radius 1 is 0.870 bits per heavy atom. The topological polar surface area (TPSA) is 57.2 Å². The first-order valence-electron chi connectivity index (χ1n) is 16.6. The van der Waals surface area contributed by atoms with Gasteiger partial charge < -0.3 is 23.8 Å². The van der Waals surface area contributed by atoms with Gasteiger partial charge in [0.15, 0.2) is 0 Å². The number of ether oxygens (including phenoxy) is 4. The molecule has 4 rings (SSSR count). The lowest BCUT2D eigenvalue weighted by atomic mass is 9.96. The third kappa shape index (κ3) is 11.2. The number of carbonyl (C=O) groups is 1. The van der Waals surface area contributed by atoms with Crippen LogP contribution in [-0.4, -0.2) is 50.1 Å². The van der Waals surface area contributed by atoms with E-state index in [4.69, 9.17) is 18.9 Å². The van der Waals surface area contributed by atoms with Crippen molar-refractivity contribution in [3.8, 4) is 0 Å². The number of allylic oxidation sites excluding steroid dienone is 6. The van der Waals surface area contributed by atoms with Gasteiger partial charge in [-0.1, -0.05) is 71.9 Å². The highest BCUT2D eigenvalue weighted by Crippen LogP contribution is 2.32. The maximum Gasteiger partial charge on any atom is 0.330 e. The van der Waals surface area contributed by atoms with Gasteiger partial charge in [-0.05, 0) is 96.2 Å². The molecule has 6 heteroatoms. The predicted molar refractivity (Wildman–Crippen MR) is 187 cm³/mol. The summed E-state index contributed by atoms with van der Waals surface area (Å²) in [5.41, 5.74) is 7.85. The van der Waals surface area contributed by atoms with E-state index >= 15 is 0 Å². The Kier molecular flexibility index (Phi) is 13.5. The summed E-state index contributed by atoms with van der Waals surface area (Å²) in [6, 6.07) is 18.2. The minimum atomic E-state index is -0.447. The molecule has 0 bridgehead atoms. The van der Waals surface area contributed by atoms with Gasteiger partial charge in [-0.2, -0.15) is 0 Å². The van der Waals surface area contributed by atoms with Crippen molar-refractivity contribution in [3.63, 3.8) is 0 Å². The van der Waals surface area contributed by atoms with E-state index in [0.717, 1.165) is 43.9 Å². The van der Waals surface area contributed by atoms with Crippen molar-refractivity contribution in [2.45, 2.75) is 91.1 Å². The average molecular weight is 626 g/mol. The largest absolute Gasteiger partial charge is 0.495 e. The number of hydrogen-bond acceptors (Lipinski definition) is 6. The van der Waals surface area contributed by atoms with E-state index in [1.54, 1.807) is 6.92 Å². The standard InChI is InChI=1S/C40H51NO5/c1-7-40(42)46-33(6)28-44-31(4)26-43-32(5)27-45-39-24-16-35(17-25-39)13-12-34-14-22-38(23-15-34)41(36-18-8-29(2)9-19-36)37-20-10-30(3)11-21-37/h7-11,14-16,18-20,22-24,31-33,37H,1,12-13,17,21,25-28H2,2-6H3. The quantitative estimate of drug-likeness (QED) is 0.129. The molecular weight excluding hydrogens is 574 g/mol. The molecule has 2 aromatic rings. The van der Waals surface area contributed by atoms with Gasteiger partial charge in [0, 0.05) is 23.9 Å². The molecule has 0 radical (unpaired) electrons. The number of nitrogens with zero attached hydrogens (tertiary/aromatic N) is 1. The van der Waals surface area contributed by atoms with Crippen molar-refractivity contribution >= 4 is 17.3 Å². The summed E-state index contributed by atoms with van der Waals surface area (Å²) >= 11 is 0. The van der Waals surface area contributed by atoms with Crippen molar-refractivity contribution < 1.29 is 23.7 Å². The summed E-state index contributed by atoms with van der Waals surface area (Å²) in [5.74, 6) is 0.556. The molecule has 46 heavy (non-hydrogen) atoms. The number of anilines is 2. The maximum absolute atomic E-state index is 11.3. The number of rotatable bonds is 17. The third-order valence-electron chi connectivity index (χ3n) is 8.27. The van der Waals surface area contributed by atoms with Crippen molar-refractivity contribution in [1.82, 2.24) is 0 Å². The monoisotopic (exact) mass is 625 g/mol. The van der Waals surface area contributed by atoms with Gasteiger partial charge in [0.25, 0.3) is 0 Å². The SMILES string of the molecule is C=CC(=O)OC(C)COC(C)COC(C)COC1=CC=C(CCc2ccc(N(c3ccc(C)cc3)C3C=CC(C)=CC3)cc2)CC1. The van der Waals surface area contributed by atoms with E-state index in [-0.39, 0.29) is 18.3 Å². The average Bonchev–Trinajstić information content (AvgIpc) is 3.07. The van der Waals surface area contributed by atoms with E-state index in [0.29, 0.717) is 25.9 Å². The summed E-state index contributed by atoms with van der Waals surface area (Å²) in [4.78, 5) is 13.7. The minimum Gasteiger partial charge on any atom is -0.495 e. The zero-order valence-electron chi connectivity index (χ0n) is 28.2. The van der Waals surface area contributed by atoms with Gasteiger partial charge in [0.1, 0.15) is 12.7 Å². The van der Waals surface area contributed by atoms with Crippen LogP contribution in [0.25, 0.3) is 0 Å². The molecule has 0 heterocycles. The first-order chi connectivity index (χ1) is 22.2. The van der Waals surface area contributed by atoms with E-state index in [2.05, 4.69) is 104 Å². The number of benzene rings is 2. The van der Waals surface area contributed by atoms with E-state index in [1.165, 1.54) is 33.6 Å². The Morgan fingerprint density at radius 3 is 2.13 bits per heavy atom. The molecule has 0 amide bonds. The Bertz CT molecular complexity index is 1400. The highest BCUT2D eigenvalue weighted by Gasteiger charge is 2.20. The Balaban J connectivity index is 1.21. The smallest absolute Gasteiger partial charge is 0.330 e. The molecule has 4 unspecified atom stereocenters. The van der Waals surface area contributed by atoms with Gasteiger partial charge in [0.2, 0.25) is 0 Å². The molecule has 0 N–H and O–H groups in total. The van der Waals surface area contributed by atoms with Gasteiger partial charge in [-0.3, -0.25) is 0 Å². The Hall–Kier alpha value is -3.87. The molecule has 0 saturated heterocycles. The molecule has 6 nitrogen and oxygen atoms in total. The number of hydrogen-bond donors (Lipinski definition) is 0. The normalized spacial score (nSPS) is 18.0. The Morgan fingerprint density at radius 2 is 1.52 bits per heavy atom. The molecule has 4 atom stereocenters. The fourth-order valence-electron chi connectivity index (χ4n) is 5.46. The van der Waals surface area contributed by atoms with Crippen LogP contribution >= 0.6 is 0 Å². The van der Waals surface area contributed by atoms with Crippen LogP contribution < -0.4 is 4.90 Å². The molecule has 2 aromatic carbocycles. The molecule has 0 saturated carbocycles. The minimum absolute atomic E-state index is 0.0621. The summed E-state index contributed by atoms with van der Waals surface area (Å²) in [7, 11) is 0. The second kappa shape index (κ2) is 17.7. The first-order valence-corrected chi connectivity index (χ1v) is 16.6. The maximum atomic E-state index is 11.3. The van der Waals surface area contributed by atoms with E-state index in [1.807, 2.05) is 13.8 Å². The summed E-state index contributed by atoms with van der Waals surface area (Å²) in [6.45, 7) is 14.7. The molecule has 2 aliphatic carbocycles. The van der Waals surface area contributed by atoms with Gasteiger partial charge >= 0.3 is 5.97 Å². The van der Waals surface area contributed by atoms with Crippen molar-refractivity contribution in [1.29, 1.82) is 0 Å². The summed E-state index contributed by atoms with van der Waals surface area (Å²) < 4.78 is 22.8. The van der Waals surface area contributed by atoms with Crippen molar-refractivity contribution in [2.75, 3.05) is 24.7 Å². The van der Waals surface area contributed by atoms with Crippen LogP contribution in [-0.2, 0) is 30.2 Å². The first kappa shape index (κ1) is 35.0. The van der Waals surface area contributed by atoms with Crippen LogP contribution in [0.1, 0.15) is 64.5 Å². The van der Waals surface area contributed by atoms with Crippen molar-refractivity contribution in [3.05, 3.63) is 120 Å². The Labute approximate surface area is 276 Å². The number of esters is 1. The van der Waals surface area contributed by atoms with Gasteiger partial charge in [-0.25, -0.2) is 4.79 Å². The van der Waals surface area contributed by atoms with E-state index < -0.39 is 5.97 Å². The lowest BCUT2D eigenvalue weighted by molar-refractivity contribution is -0.147. The zero-order valence-corrected chi connectivity index (χ0v) is 28.2. The van der Waals surface area contributed by atoms with Gasteiger partial charge in [-0.15, -0.1) is 0 Å². The lowest BCUT2D eigenvalue weighted by Gasteiger charge is -2.33.